The summed E-state index contributed by atoms with van der Waals surface area (Å²) in [5, 5.41) is 7.77. The molecule has 166 valence electrons. The molecule has 1 unspecified atom stereocenters. The topological polar surface area (TPSA) is 49.2 Å². The minimum Gasteiger partial charge on any atom is -0.406 e. The molecule has 0 fully saturated rings. The monoisotopic (exact) mass is 449 g/mol. The minimum atomic E-state index is -4.92. The normalized spacial score (nSPS) is 13.7. The van der Waals surface area contributed by atoms with E-state index in [9.17, 15) is 26.3 Å². The first-order chi connectivity index (χ1) is 14.4. The molecule has 0 amide bonds. The average molecular weight is 449 g/mol. The fraction of sp³-hybridized carbons (Fsp3) is 0.263. The number of alkyl halides is 7. The molecule has 0 aliphatic carbocycles. The number of benzene rings is 2. The Hall–Kier alpha value is -3.31. The van der Waals surface area contributed by atoms with Gasteiger partial charge in [-0.05, 0) is 42.3 Å². The highest BCUT2D eigenvalue weighted by Gasteiger charge is 2.43. The minimum absolute atomic E-state index is 0.0867. The van der Waals surface area contributed by atoms with Crippen molar-refractivity contribution in [1.29, 1.82) is 0 Å². The molecule has 3 aromatic rings. The molecule has 0 aliphatic heterocycles. The van der Waals surface area contributed by atoms with Crippen molar-refractivity contribution in [3.8, 4) is 11.5 Å². The highest BCUT2D eigenvalue weighted by molar-refractivity contribution is 5.42. The number of aromatic nitrogens is 3. The van der Waals surface area contributed by atoms with Gasteiger partial charge in [0.1, 0.15) is 17.5 Å². The number of hydrogen-bond donors (Lipinski definition) is 0. The first-order valence-corrected chi connectivity index (χ1v) is 8.66. The molecular weight excluding hydrogens is 435 g/mol. The lowest BCUT2D eigenvalue weighted by Gasteiger charge is -2.32. The molecule has 0 aliphatic rings. The maximum absolute atomic E-state index is 16.5. The van der Waals surface area contributed by atoms with E-state index in [1.807, 2.05) is 0 Å². The lowest BCUT2D eigenvalue weighted by Crippen LogP contribution is -2.33. The molecule has 1 aromatic heterocycles. The lowest BCUT2D eigenvalue weighted by atomic mass is 9.82. The Balaban J connectivity index is 2.02. The van der Waals surface area contributed by atoms with Crippen LogP contribution < -0.4 is 9.47 Å². The molecule has 0 N–H and O–H groups in total. The van der Waals surface area contributed by atoms with Crippen LogP contribution >= 0.6 is 0 Å². The molecule has 0 spiro atoms. The summed E-state index contributed by atoms with van der Waals surface area (Å²) in [4.78, 5) is 1.04. The number of rotatable bonds is 6. The predicted molar refractivity (Wildman–Crippen MR) is 92.9 cm³/mol. The van der Waals surface area contributed by atoms with Crippen LogP contribution in [0.15, 0.2) is 60.9 Å². The molecule has 0 radical (unpaired) electrons. The quantitative estimate of drug-likeness (QED) is 0.463. The summed E-state index contributed by atoms with van der Waals surface area (Å²) in [7, 11) is 0. The summed E-state index contributed by atoms with van der Waals surface area (Å²) in [5.74, 6) is -1.12. The van der Waals surface area contributed by atoms with Gasteiger partial charge in [-0.15, -0.1) is 26.3 Å². The van der Waals surface area contributed by atoms with Gasteiger partial charge < -0.3 is 9.47 Å². The van der Waals surface area contributed by atoms with Gasteiger partial charge in [-0.1, -0.05) is 24.3 Å². The molecule has 1 atom stereocenters. The number of ether oxygens (including phenoxy) is 2. The second-order valence-corrected chi connectivity index (χ2v) is 6.38. The van der Waals surface area contributed by atoms with Crippen LogP contribution in [0.4, 0.5) is 30.7 Å². The van der Waals surface area contributed by atoms with Crippen LogP contribution in [0.1, 0.15) is 24.1 Å². The molecule has 3 rings (SSSR count). The standard InChI is InChI=1S/C19H14F7N3O2/c1-12(29-27-10-11-28-29)17(20,13-2-6-15(7-3-13)30-18(21,22)23)14-4-8-16(9-5-14)31-19(24,25)26/h2-12H,1H3. The zero-order valence-corrected chi connectivity index (χ0v) is 15.7. The summed E-state index contributed by atoms with van der Waals surface area (Å²) < 4.78 is 98.5. The Morgan fingerprint density at radius 2 is 1.03 bits per heavy atom. The number of nitrogens with zero attached hydrogens (tertiary/aromatic N) is 3. The largest absolute Gasteiger partial charge is 0.573 e. The van der Waals surface area contributed by atoms with Gasteiger partial charge in [0.05, 0.1) is 12.4 Å². The highest BCUT2D eigenvalue weighted by Crippen LogP contribution is 2.44. The van der Waals surface area contributed by atoms with Crippen molar-refractivity contribution in [3.05, 3.63) is 72.1 Å². The molecule has 2 aromatic carbocycles. The van der Waals surface area contributed by atoms with Gasteiger partial charge in [-0.2, -0.15) is 15.0 Å². The van der Waals surface area contributed by atoms with E-state index in [1.54, 1.807) is 0 Å². The van der Waals surface area contributed by atoms with E-state index in [-0.39, 0.29) is 11.1 Å². The second kappa shape index (κ2) is 8.08. The van der Waals surface area contributed by atoms with E-state index in [2.05, 4.69) is 19.7 Å². The van der Waals surface area contributed by atoms with E-state index in [0.717, 1.165) is 53.3 Å². The van der Waals surface area contributed by atoms with Gasteiger partial charge in [0.2, 0.25) is 0 Å². The van der Waals surface area contributed by atoms with Crippen LogP contribution in [0.5, 0.6) is 11.5 Å². The highest BCUT2D eigenvalue weighted by atomic mass is 19.4. The van der Waals surface area contributed by atoms with Crippen LogP contribution in [0.3, 0.4) is 0 Å². The molecule has 12 heteroatoms. The third-order valence-electron chi connectivity index (χ3n) is 4.37. The SMILES string of the molecule is CC(n1nccn1)C(F)(c1ccc(OC(F)(F)F)cc1)c1ccc(OC(F)(F)F)cc1. The number of halogens is 7. The van der Waals surface area contributed by atoms with Gasteiger partial charge in [0.15, 0.2) is 5.67 Å². The van der Waals surface area contributed by atoms with Crippen LogP contribution in [0.25, 0.3) is 0 Å². The van der Waals surface area contributed by atoms with Gasteiger partial charge in [-0.3, -0.25) is 0 Å². The molecule has 0 saturated heterocycles. The second-order valence-electron chi connectivity index (χ2n) is 6.38. The fourth-order valence-electron chi connectivity index (χ4n) is 3.03. The first-order valence-electron chi connectivity index (χ1n) is 8.66. The van der Waals surface area contributed by atoms with E-state index in [1.165, 1.54) is 19.3 Å². The fourth-order valence-corrected chi connectivity index (χ4v) is 3.03. The van der Waals surface area contributed by atoms with Crippen molar-refractivity contribution in [2.75, 3.05) is 0 Å². The summed E-state index contributed by atoms with van der Waals surface area (Å²) in [6, 6.07) is 6.95. The molecule has 5 nitrogen and oxygen atoms in total. The van der Waals surface area contributed by atoms with Crippen molar-refractivity contribution in [3.63, 3.8) is 0 Å². The van der Waals surface area contributed by atoms with Gasteiger partial charge in [-0.25, -0.2) is 4.39 Å². The molecule has 1 heterocycles. The maximum Gasteiger partial charge on any atom is 0.573 e. The van der Waals surface area contributed by atoms with Crippen molar-refractivity contribution < 1.29 is 40.2 Å². The maximum atomic E-state index is 16.5. The Morgan fingerprint density at radius 3 is 1.35 bits per heavy atom. The smallest absolute Gasteiger partial charge is 0.406 e. The van der Waals surface area contributed by atoms with Gasteiger partial charge in [0.25, 0.3) is 0 Å². The third kappa shape index (κ3) is 5.25. The van der Waals surface area contributed by atoms with Crippen LogP contribution in [-0.2, 0) is 5.67 Å². The molecule has 0 saturated carbocycles. The zero-order chi connectivity index (χ0) is 22.9. The predicted octanol–water partition coefficient (Wildman–Crippen LogP) is 5.55. The Bertz CT molecular complexity index is 926. The van der Waals surface area contributed by atoms with Gasteiger partial charge >= 0.3 is 12.7 Å². The van der Waals surface area contributed by atoms with Crippen LogP contribution in [-0.4, -0.2) is 27.7 Å². The summed E-state index contributed by atoms with van der Waals surface area (Å²) in [5.41, 5.74) is -2.60. The summed E-state index contributed by atoms with van der Waals surface area (Å²) in [6.45, 7) is 1.42. The van der Waals surface area contributed by atoms with Crippen LogP contribution in [0.2, 0.25) is 0 Å². The zero-order valence-electron chi connectivity index (χ0n) is 15.7. The third-order valence-corrected chi connectivity index (χ3v) is 4.37. The summed E-state index contributed by atoms with van der Waals surface area (Å²) in [6.07, 6.45) is -7.24. The van der Waals surface area contributed by atoms with Crippen molar-refractivity contribution in [2.24, 2.45) is 0 Å². The van der Waals surface area contributed by atoms with Crippen molar-refractivity contribution in [2.45, 2.75) is 31.4 Å². The number of hydrogen-bond acceptors (Lipinski definition) is 4. The summed E-state index contributed by atoms with van der Waals surface area (Å²) >= 11 is 0. The average Bonchev–Trinajstić information content (AvgIpc) is 3.20. The lowest BCUT2D eigenvalue weighted by molar-refractivity contribution is -0.275. The van der Waals surface area contributed by atoms with E-state index in [0.29, 0.717) is 0 Å². The van der Waals surface area contributed by atoms with E-state index < -0.39 is 35.9 Å². The molecule has 31 heavy (non-hydrogen) atoms. The Kier molecular flexibility index (Phi) is 5.83. The Labute approximate surface area is 171 Å². The Morgan fingerprint density at radius 1 is 0.677 bits per heavy atom. The van der Waals surface area contributed by atoms with Gasteiger partial charge in [0, 0.05) is 0 Å². The van der Waals surface area contributed by atoms with Crippen molar-refractivity contribution >= 4 is 0 Å². The first kappa shape index (κ1) is 22.4. The van der Waals surface area contributed by atoms with E-state index in [4.69, 9.17) is 0 Å². The van der Waals surface area contributed by atoms with E-state index >= 15 is 4.39 Å². The van der Waals surface area contributed by atoms with Crippen LogP contribution in [0, 0.1) is 0 Å². The van der Waals surface area contributed by atoms with Crippen molar-refractivity contribution in [1.82, 2.24) is 15.0 Å². The molecular formula is C19H14F7N3O2. The molecule has 0 bridgehead atoms.